The Balaban J connectivity index is 1.41. The van der Waals surface area contributed by atoms with E-state index in [0.29, 0.717) is 23.5 Å². The smallest absolute Gasteiger partial charge is 0.341 e. The zero-order valence-corrected chi connectivity index (χ0v) is 22.5. The highest BCUT2D eigenvalue weighted by molar-refractivity contribution is 6.18. The van der Waals surface area contributed by atoms with Crippen LogP contribution in [0.1, 0.15) is 27.8 Å². The minimum absolute atomic E-state index is 0.282. The van der Waals surface area contributed by atoms with Crippen LogP contribution in [0, 0.1) is 6.92 Å². The molecule has 40 heavy (non-hydrogen) atoms. The lowest BCUT2D eigenvalue weighted by atomic mass is 10.0. The number of hydrogen-bond donors (Lipinski definition) is 3. The Morgan fingerprint density at radius 3 is 1.55 bits per heavy atom. The molecule has 4 rings (SSSR count). The van der Waals surface area contributed by atoms with Crippen molar-refractivity contribution >= 4 is 41.9 Å². The first kappa shape index (κ1) is 27.8. The highest BCUT2D eigenvalue weighted by Gasteiger charge is 2.23. The maximum absolute atomic E-state index is 13.1. The molecule has 0 spiro atoms. The van der Waals surface area contributed by atoms with Crippen molar-refractivity contribution in [3.63, 3.8) is 0 Å². The van der Waals surface area contributed by atoms with Crippen LogP contribution in [0.2, 0.25) is 0 Å². The van der Waals surface area contributed by atoms with E-state index >= 15 is 0 Å². The summed E-state index contributed by atoms with van der Waals surface area (Å²) in [6.07, 6.45) is 1.41. The largest absolute Gasteiger partial charge is 0.355 e. The molecule has 0 bridgehead atoms. The number of rotatable bonds is 7. The molecule has 0 heterocycles. The summed E-state index contributed by atoms with van der Waals surface area (Å²) in [4.78, 5) is 41.5. The molecular weight excluding hydrogens is 502 g/mol. The summed E-state index contributed by atoms with van der Waals surface area (Å²) in [6.45, 7) is 5.36. The van der Waals surface area contributed by atoms with Gasteiger partial charge in [0.15, 0.2) is 0 Å². The zero-order valence-electron chi connectivity index (χ0n) is 22.5. The van der Waals surface area contributed by atoms with Gasteiger partial charge >= 0.3 is 18.1 Å². The van der Waals surface area contributed by atoms with Crippen molar-refractivity contribution in [2.45, 2.75) is 19.8 Å². The first-order chi connectivity index (χ1) is 19.3. The van der Waals surface area contributed by atoms with Crippen molar-refractivity contribution in [1.82, 2.24) is 5.32 Å². The molecule has 0 aliphatic carbocycles. The quantitative estimate of drug-likeness (QED) is 0.228. The monoisotopic (exact) mass is 533 g/mol. The summed E-state index contributed by atoms with van der Waals surface area (Å²) in [5.74, 6) is 0. The summed E-state index contributed by atoms with van der Waals surface area (Å²) in [7, 11) is 1.56. The molecule has 4 aromatic rings. The Kier molecular flexibility index (Phi) is 9.04. The van der Waals surface area contributed by atoms with Gasteiger partial charge in [-0.1, -0.05) is 66.2 Å². The highest BCUT2D eigenvalue weighted by atomic mass is 16.2. The Hall–Kier alpha value is -5.24. The fourth-order valence-electron chi connectivity index (χ4n) is 4.11. The van der Waals surface area contributed by atoms with E-state index in [1.165, 1.54) is 11.1 Å². The number of carbonyl (C=O) groups excluding carboxylic acids is 3. The molecule has 0 saturated heterocycles. The molecule has 0 aliphatic heterocycles. The number of amides is 6. The lowest BCUT2D eigenvalue weighted by Crippen LogP contribution is -2.38. The number of carbonyl (C=O) groups is 3. The molecule has 0 fully saturated rings. The number of urea groups is 3. The molecule has 202 valence electrons. The predicted octanol–water partition coefficient (Wildman–Crippen LogP) is 6.79. The van der Waals surface area contributed by atoms with Gasteiger partial charge < -0.3 is 16.0 Å². The third-order valence-corrected chi connectivity index (χ3v) is 6.31. The average molecular weight is 534 g/mol. The van der Waals surface area contributed by atoms with E-state index in [2.05, 4.69) is 58.8 Å². The van der Waals surface area contributed by atoms with Crippen LogP contribution >= 0.6 is 0 Å². The molecule has 6 amide bonds. The topological polar surface area (TPSA) is 103 Å². The van der Waals surface area contributed by atoms with Gasteiger partial charge in [-0.05, 0) is 85.1 Å². The van der Waals surface area contributed by atoms with Crippen LogP contribution in [0.25, 0.3) is 0 Å². The van der Waals surface area contributed by atoms with Crippen LogP contribution in [-0.4, -0.2) is 31.9 Å². The fraction of sp³-hybridized carbons (Fsp3) is 0.125. The van der Waals surface area contributed by atoms with Gasteiger partial charge in [-0.25, -0.2) is 24.3 Å². The molecule has 0 atom stereocenters. The van der Waals surface area contributed by atoms with Crippen LogP contribution in [-0.2, 0) is 12.8 Å². The molecule has 4 aromatic carbocycles. The number of benzene rings is 4. The van der Waals surface area contributed by atoms with Crippen molar-refractivity contribution in [3.05, 3.63) is 125 Å². The standard InChI is InChI=1S/C32H31N5O3/c1-22-4-6-23(7-5-22)20-25-10-16-28(17-11-25)36-32(40)37(31(39)34-3)29-18-12-26(13-19-29)21-24-8-14-27(15-9-24)35-30(38)33-2/h4-19H,3,20-21H2,1-2H3,(H,36,40)(H2,33,35,38). The van der Waals surface area contributed by atoms with E-state index in [4.69, 9.17) is 0 Å². The van der Waals surface area contributed by atoms with Crippen LogP contribution < -0.4 is 20.9 Å². The van der Waals surface area contributed by atoms with Gasteiger partial charge in [0.2, 0.25) is 0 Å². The summed E-state index contributed by atoms with van der Waals surface area (Å²) >= 11 is 0. The van der Waals surface area contributed by atoms with Gasteiger partial charge in [-0.2, -0.15) is 0 Å². The first-order valence-electron chi connectivity index (χ1n) is 12.8. The maximum atomic E-state index is 13.1. The number of nitrogens with zero attached hydrogens (tertiary/aromatic N) is 2. The fourth-order valence-corrected chi connectivity index (χ4v) is 4.11. The second kappa shape index (κ2) is 13.0. The van der Waals surface area contributed by atoms with Crippen LogP contribution in [0.15, 0.2) is 102 Å². The second-order valence-corrected chi connectivity index (χ2v) is 9.31. The molecule has 0 saturated carbocycles. The Morgan fingerprint density at radius 2 is 1.10 bits per heavy atom. The molecule has 0 unspecified atom stereocenters. The van der Waals surface area contributed by atoms with Gasteiger partial charge in [0.25, 0.3) is 0 Å². The molecular formula is C32H31N5O3. The summed E-state index contributed by atoms with van der Waals surface area (Å²) in [5, 5.41) is 8.01. The third-order valence-electron chi connectivity index (χ3n) is 6.31. The molecule has 8 nitrogen and oxygen atoms in total. The number of anilines is 3. The van der Waals surface area contributed by atoms with Crippen molar-refractivity contribution in [3.8, 4) is 0 Å². The number of hydrogen-bond acceptors (Lipinski definition) is 3. The van der Waals surface area contributed by atoms with Gasteiger partial charge in [-0.3, -0.25) is 0 Å². The molecule has 3 N–H and O–H groups in total. The maximum Gasteiger partial charge on any atom is 0.355 e. The SMILES string of the molecule is C=NC(=O)N(C(=O)Nc1ccc(Cc2ccc(C)cc2)cc1)c1ccc(Cc2ccc(NC(=O)NC)cc2)cc1. The van der Waals surface area contributed by atoms with E-state index in [1.807, 2.05) is 60.7 Å². The number of imide groups is 1. The summed E-state index contributed by atoms with van der Waals surface area (Å²) < 4.78 is 0. The summed E-state index contributed by atoms with van der Waals surface area (Å²) in [5.41, 5.74) is 7.18. The van der Waals surface area contributed by atoms with Gasteiger partial charge in [0, 0.05) is 18.4 Å². The van der Waals surface area contributed by atoms with E-state index < -0.39 is 12.1 Å². The second-order valence-electron chi connectivity index (χ2n) is 9.31. The van der Waals surface area contributed by atoms with Crippen LogP contribution in [0.3, 0.4) is 0 Å². The van der Waals surface area contributed by atoms with Gasteiger partial charge in [0.1, 0.15) is 0 Å². The van der Waals surface area contributed by atoms with Crippen LogP contribution in [0.4, 0.5) is 31.4 Å². The minimum Gasteiger partial charge on any atom is -0.341 e. The van der Waals surface area contributed by atoms with Crippen molar-refractivity contribution in [2.24, 2.45) is 4.99 Å². The zero-order chi connectivity index (χ0) is 28.5. The summed E-state index contributed by atoms with van der Waals surface area (Å²) in [6, 6.07) is 28.8. The lowest BCUT2D eigenvalue weighted by molar-refractivity contribution is 0.245. The highest BCUT2D eigenvalue weighted by Crippen LogP contribution is 2.21. The number of aryl methyl sites for hydroxylation is 1. The Bertz CT molecular complexity index is 1480. The van der Waals surface area contributed by atoms with Crippen molar-refractivity contribution < 1.29 is 14.4 Å². The van der Waals surface area contributed by atoms with Crippen LogP contribution in [0.5, 0.6) is 0 Å². The first-order valence-corrected chi connectivity index (χ1v) is 12.8. The third kappa shape index (κ3) is 7.41. The Labute approximate surface area is 233 Å². The number of nitrogens with one attached hydrogen (secondary N) is 3. The van der Waals surface area contributed by atoms with E-state index in [-0.39, 0.29) is 6.03 Å². The van der Waals surface area contributed by atoms with Crippen molar-refractivity contribution in [1.29, 1.82) is 0 Å². The minimum atomic E-state index is -0.777. The normalized spacial score (nSPS) is 10.3. The Morgan fingerprint density at radius 1 is 0.675 bits per heavy atom. The van der Waals surface area contributed by atoms with Gasteiger partial charge in [-0.15, -0.1) is 0 Å². The van der Waals surface area contributed by atoms with E-state index in [1.54, 1.807) is 19.2 Å². The number of aliphatic imine (C=N–C) groups is 1. The molecule has 0 aliphatic rings. The lowest BCUT2D eigenvalue weighted by Gasteiger charge is -2.19. The van der Waals surface area contributed by atoms with Crippen molar-refractivity contribution in [2.75, 3.05) is 22.6 Å². The molecule has 8 heteroatoms. The van der Waals surface area contributed by atoms with E-state index in [0.717, 1.165) is 28.0 Å². The van der Waals surface area contributed by atoms with Gasteiger partial charge in [0.05, 0.1) is 5.69 Å². The molecule has 0 aromatic heterocycles. The molecule has 0 radical (unpaired) electrons. The average Bonchev–Trinajstić information content (AvgIpc) is 2.97. The van der Waals surface area contributed by atoms with E-state index in [9.17, 15) is 14.4 Å². The predicted molar refractivity (Wildman–Crippen MR) is 161 cm³/mol.